The van der Waals surface area contributed by atoms with Crippen LogP contribution >= 0.6 is 12.4 Å². The maximum Gasteiger partial charge on any atom is 0.328 e. The van der Waals surface area contributed by atoms with Gasteiger partial charge in [-0.05, 0) is 24.5 Å². The van der Waals surface area contributed by atoms with Crippen LogP contribution in [0.25, 0.3) is 0 Å². The van der Waals surface area contributed by atoms with Gasteiger partial charge in [-0.3, -0.25) is 4.79 Å². The first-order valence-corrected chi connectivity index (χ1v) is 6.30. The molecule has 2 N–H and O–H groups in total. The Labute approximate surface area is 124 Å². The summed E-state index contributed by atoms with van der Waals surface area (Å²) >= 11 is 0. The van der Waals surface area contributed by atoms with Crippen LogP contribution in [0.2, 0.25) is 0 Å². The molecule has 0 aliphatic carbocycles. The molecule has 2 rings (SSSR count). The van der Waals surface area contributed by atoms with Gasteiger partial charge in [-0.1, -0.05) is 24.3 Å². The lowest BCUT2D eigenvalue weighted by atomic mass is 9.95. The summed E-state index contributed by atoms with van der Waals surface area (Å²) < 4.78 is 4.58. The Morgan fingerprint density at radius 3 is 2.65 bits per heavy atom. The normalized spacial score (nSPS) is 18.2. The number of hydrogen-bond acceptors (Lipinski definition) is 4. The fourth-order valence-corrected chi connectivity index (χ4v) is 2.19. The molecular formula is C14H19ClN2O3. The van der Waals surface area contributed by atoms with Crippen LogP contribution in [0.3, 0.4) is 0 Å². The highest BCUT2D eigenvalue weighted by Gasteiger charge is 2.26. The lowest BCUT2D eigenvalue weighted by Gasteiger charge is -2.26. The number of benzene rings is 1. The molecule has 110 valence electrons. The van der Waals surface area contributed by atoms with Crippen molar-refractivity contribution >= 4 is 24.3 Å². The molecule has 1 aliphatic rings. The van der Waals surface area contributed by atoms with E-state index in [-0.39, 0.29) is 24.4 Å². The molecule has 0 aromatic heterocycles. The summed E-state index contributed by atoms with van der Waals surface area (Å²) in [6, 6.07) is 7.10. The Bertz CT molecular complexity index is 493. The van der Waals surface area contributed by atoms with Crippen molar-refractivity contribution in [2.24, 2.45) is 0 Å². The van der Waals surface area contributed by atoms with E-state index in [0.717, 1.165) is 0 Å². The Morgan fingerprint density at radius 1 is 1.35 bits per heavy atom. The highest BCUT2D eigenvalue weighted by atomic mass is 35.5. The van der Waals surface area contributed by atoms with Crippen LogP contribution in [-0.2, 0) is 27.3 Å². The van der Waals surface area contributed by atoms with Gasteiger partial charge in [0.25, 0.3) is 0 Å². The first kappa shape index (κ1) is 16.5. The van der Waals surface area contributed by atoms with Gasteiger partial charge in [0.05, 0.1) is 13.2 Å². The van der Waals surface area contributed by atoms with Gasteiger partial charge in [0.2, 0.25) is 5.91 Å². The van der Waals surface area contributed by atoms with E-state index in [4.69, 9.17) is 0 Å². The highest BCUT2D eigenvalue weighted by molar-refractivity contribution is 5.87. The Morgan fingerprint density at radius 2 is 2.00 bits per heavy atom. The van der Waals surface area contributed by atoms with Crippen LogP contribution in [0, 0.1) is 0 Å². The lowest BCUT2D eigenvalue weighted by Crippen LogP contribution is -2.51. The summed E-state index contributed by atoms with van der Waals surface area (Å²) in [7, 11) is 1.31. The number of fused-ring (bicyclic) bond motifs is 1. The van der Waals surface area contributed by atoms with Gasteiger partial charge in [-0.15, -0.1) is 12.4 Å². The molecule has 0 bridgehead atoms. The summed E-state index contributed by atoms with van der Waals surface area (Å²) in [4.78, 5) is 23.3. The minimum Gasteiger partial charge on any atom is -0.467 e. The standard InChI is InChI=1S/C14H18N2O3.ClH/c1-9(14(18)19-2)16-13(17)12-7-10-5-3-4-6-11(10)8-15-12;/h3-6,9,12,15H,7-8H2,1-2H3,(H,16,17);1H/t9-,12?;/m0./s1. The number of esters is 1. The SMILES string of the molecule is COC(=O)[C@H](C)NC(=O)C1Cc2ccccc2CN1.Cl. The molecule has 0 spiro atoms. The molecule has 1 heterocycles. The number of hydrogen-bond donors (Lipinski definition) is 2. The van der Waals surface area contributed by atoms with E-state index in [2.05, 4.69) is 15.4 Å². The van der Waals surface area contributed by atoms with Gasteiger partial charge in [0.15, 0.2) is 0 Å². The van der Waals surface area contributed by atoms with E-state index in [9.17, 15) is 9.59 Å². The van der Waals surface area contributed by atoms with E-state index >= 15 is 0 Å². The van der Waals surface area contributed by atoms with Crippen LogP contribution in [0.1, 0.15) is 18.1 Å². The van der Waals surface area contributed by atoms with Gasteiger partial charge in [0, 0.05) is 6.54 Å². The average Bonchev–Trinajstić information content (AvgIpc) is 2.45. The van der Waals surface area contributed by atoms with Crippen molar-refractivity contribution in [1.82, 2.24) is 10.6 Å². The Hall–Kier alpha value is -1.59. The van der Waals surface area contributed by atoms with Gasteiger partial charge < -0.3 is 15.4 Å². The zero-order valence-corrected chi connectivity index (χ0v) is 12.3. The second-order valence-electron chi connectivity index (χ2n) is 4.66. The topological polar surface area (TPSA) is 67.4 Å². The molecule has 1 aliphatic heterocycles. The van der Waals surface area contributed by atoms with Crippen LogP contribution < -0.4 is 10.6 Å². The van der Waals surface area contributed by atoms with Crippen molar-refractivity contribution in [2.75, 3.05) is 7.11 Å². The van der Waals surface area contributed by atoms with Crippen molar-refractivity contribution in [2.45, 2.75) is 32.0 Å². The molecule has 1 amide bonds. The fourth-order valence-electron chi connectivity index (χ4n) is 2.19. The predicted molar refractivity (Wildman–Crippen MR) is 77.6 cm³/mol. The number of methoxy groups -OCH3 is 1. The molecule has 0 saturated heterocycles. The predicted octanol–water partition coefficient (Wildman–Crippen LogP) is 0.800. The molecule has 2 atom stereocenters. The van der Waals surface area contributed by atoms with Crippen molar-refractivity contribution in [3.8, 4) is 0 Å². The summed E-state index contributed by atoms with van der Waals surface area (Å²) in [5, 5.41) is 5.83. The molecule has 5 nitrogen and oxygen atoms in total. The molecule has 6 heteroatoms. The number of carbonyl (C=O) groups excluding carboxylic acids is 2. The van der Waals surface area contributed by atoms with E-state index in [1.54, 1.807) is 6.92 Å². The zero-order valence-electron chi connectivity index (χ0n) is 11.5. The average molecular weight is 299 g/mol. The van der Waals surface area contributed by atoms with Crippen molar-refractivity contribution < 1.29 is 14.3 Å². The van der Waals surface area contributed by atoms with E-state index in [1.807, 2.05) is 24.3 Å². The van der Waals surface area contributed by atoms with Crippen LogP contribution in [-0.4, -0.2) is 31.1 Å². The third-order valence-corrected chi connectivity index (χ3v) is 3.31. The van der Waals surface area contributed by atoms with Crippen molar-refractivity contribution in [3.05, 3.63) is 35.4 Å². The molecule has 1 aromatic carbocycles. The minimum atomic E-state index is -0.628. The lowest BCUT2D eigenvalue weighted by molar-refractivity contribution is -0.144. The van der Waals surface area contributed by atoms with Crippen molar-refractivity contribution in [1.29, 1.82) is 0 Å². The monoisotopic (exact) mass is 298 g/mol. The maximum absolute atomic E-state index is 12.1. The largest absolute Gasteiger partial charge is 0.467 e. The first-order chi connectivity index (χ1) is 9.11. The number of rotatable bonds is 3. The van der Waals surface area contributed by atoms with Gasteiger partial charge >= 0.3 is 5.97 Å². The third-order valence-electron chi connectivity index (χ3n) is 3.31. The molecule has 1 aromatic rings. The van der Waals surface area contributed by atoms with E-state index in [0.29, 0.717) is 13.0 Å². The molecule has 0 radical (unpaired) electrons. The molecule has 0 saturated carbocycles. The van der Waals surface area contributed by atoms with Gasteiger partial charge in [-0.2, -0.15) is 0 Å². The second-order valence-corrected chi connectivity index (χ2v) is 4.66. The molecule has 1 unspecified atom stereocenters. The van der Waals surface area contributed by atoms with Crippen LogP contribution in [0.15, 0.2) is 24.3 Å². The summed E-state index contributed by atoms with van der Waals surface area (Å²) in [6.45, 7) is 2.28. The van der Waals surface area contributed by atoms with E-state index in [1.165, 1.54) is 18.2 Å². The second kappa shape index (κ2) is 7.26. The van der Waals surface area contributed by atoms with Crippen LogP contribution in [0.4, 0.5) is 0 Å². The number of ether oxygens (including phenoxy) is 1. The Balaban J connectivity index is 0.00000200. The Kier molecular flexibility index (Phi) is 5.98. The zero-order chi connectivity index (χ0) is 13.8. The van der Waals surface area contributed by atoms with Gasteiger partial charge in [0.1, 0.15) is 6.04 Å². The quantitative estimate of drug-likeness (QED) is 0.810. The third kappa shape index (κ3) is 3.71. The maximum atomic E-state index is 12.1. The number of halogens is 1. The minimum absolute atomic E-state index is 0. The molecule has 0 fully saturated rings. The number of carbonyl (C=O) groups is 2. The fraction of sp³-hybridized carbons (Fsp3) is 0.429. The smallest absolute Gasteiger partial charge is 0.328 e. The van der Waals surface area contributed by atoms with Crippen LogP contribution in [0.5, 0.6) is 0 Å². The first-order valence-electron chi connectivity index (χ1n) is 6.30. The molecule has 20 heavy (non-hydrogen) atoms. The summed E-state index contributed by atoms with van der Waals surface area (Å²) in [6.07, 6.45) is 0.635. The summed E-state index contributed by atoms with van der Waals surface area (Å²) in [5.41, 5.74) is 2.39. The van der Waals surface area contributed by atoms with E-state index < -0.39 is 12.0 Å². The van der Waals surface area contributed by atoms with Gasteiger partial charge in [-0.25, -0.2) is 4.79 Å². The summed E-state index contributed by atoms with van der Waals surface area (Å²) in [5.74, 6) is -0.614. The molecular weight excluding hydrogens is 280 g/mol. The number of nitrogens with one attached hydrogen (secondary N) is 2. The number of amides is 1. The highest BCUT2D eigenvalue weighted by Crippen LogP contribution is 2.16. The van der Waals surface area contributed by atoms with Crippen molar-refractivity contribution in [3.63, 3.8) is 0 Å².